The van der Waals surface area contributed by atoms with Crippen LogP contribution in [0.4, 0.5) is 0 Å². The minimum Gasteiger partial charge on any atom is -0.457 e. The molecule has 0 amide bonds. The first-order chi connectivity index (χ1) is 6.25. The highest BCUT2D eigenvalue weighted by Gasteiger charge is 2.34. The second-order valence-electron chi connectivity index (χ2n) is 3.16. The van der Waals surface area contributed by atoms with Crippen LogP contribution in [0.1, 0.15) is 25.7 Å². The fourth-order valence-corrected chi connectivity index (χ4v) is 1.77. The van der Waals surface area contributed by atoms with Crippen LogP contribution < -0.4 is 0 Å². The van der Waals surface area contributed by atoms with Crippen LogP contribution in [0, 0.1) is 5.92 Å². The van der Waals surface area contributed by atoms with E-state index in [1.807, 2.05) is 0 Å². The minimum absolute atomic E-state index is 0.0120. The zero-order valence-corrected chi connectivity index (χ0v) is 9.01. The predicted octanol–water partition coefficient (Wildman–Crippen LogP) is 1.68. The number of esters is 1. The van der Waals surface area contributed by atoms with E-state index in [9.17, 15) is 9.59 Å². The number of hydrogen-bond donors (Lipinski definition) is 0. The molecule has 0 saturated carbocycles. The molecule has 4 heteroatoms. The van der Waals surface area contributed by atoms with Gasteiger partial charge in [0.1, 0.15) is 5.92 Å². The van der Waals surface area contributed by atoms with Gasteiger partial charge < -0.3 is 4.74 Å². The fourth-order valence-electron chi connectivity index (χ4n) is 1.37. The maximum absolute atomic E-state index is 11.1. The van der Waals surface area contributed by atoms with Crippen LogP contribution in [0.2, 0.25) is 0 Å². The number of ketones is 1. The van der Waals surface area contributed by atoms with E-state index in [-0.39, 0.29) is 18.4 Å². The van der Waals surface area contributed by atoms with Gasteiger partial charge in [-0.3, -0.25) is 9.59 Å². The van der Waals surface area contributed by atoms with Crippen LogP contribution in [0.25, 0.3) is 0 Å². The molecule has 1 aliphatic heterocycles. The first-order valence-electron chi connectivity index (χ1n) is 4.51. The van der Waals surface area contributed by atoms with Gasteiger partial charge in [0.25, 0.3) is 0 Å². The highest BCUT2D eigenvalue weighted by atomic mass is 79.9. The fraction of sp³-hybridized carbons (Fsp3) is 0.778. The van der Waals surface area contributed by atoms with E-state index in [2.05, 4.69) is 20.7 Å². The highest BCUT2D eigenvalue weighted by Crippen LogP contribution is 2.18. The van der Waals surface area contributed by atoms with Gasteiger partial charge >= 0.3 is 5.97 Å². The van der Waals surface area contributed by atoms with Gasteiger partial charge in [-0.25, -0.2) is 0 Å². The van der Waals surface area contributed by atoms with Crippen LogP contribution >= 0.6 is 15.9 Å². The molecule has 1 heterocycles. The Bertz CT molecular complexity index is 187. The summed E-state index contributed by atoms with van der Waals surface area (Å²) in [6.45, 7) is -0.0120. The number of carbonyl (C=O) groups is 2. The monoisotopic (exact) mass is 248 g/mol. The van der Waals surface area contributed by atoms with E-state index >= 15 is 0 Å². The van der Waals surface area contributed by atoms with Crippen LogP contribution in [0.5, 0.6) is 0 Å². The van der Waals surface area contributed by atoms with Crippen molar-refractivity contribution in [3.8, 4) is 0 Å². The normalized spacial score (nSPS) is 22.1. The lowest BCUT2D eigenvalue weighted by atomic mass is 9.99. The Hall–Kier alpha value is -0.380. The van der Waals surface area contributed by atoms with Crippen molar-refractivity contribution in [2.45, 2.75) is 25.7 Å². The summed E-state index contributed by atoms with van der Waals surface area (Å²) in [5.74, 6) is -0.844. The molecule has 1 saturated heterocycles. The van der Waals surface area contributed by atoms with E-state index in [1.165, 1.54) is 0 Å². The van der Waals surface area contributed by atoms with Crippen LogP contribution in [0.15, 0.2) is 0 Å². The summed E-state index contributed by atoms with van der Waals surface area (Å²) in [5.41, 5.74) is 0. The number of ether oxygens (including phenoxy) is 1. The second kappa shape index (κ2) is 5.37. The van der Waals surface area contributed by atoms with E-state index in [0.29, 0.717) is 6.42 Å². The van der Waals surface area contributed by atoms with E-state index in [0.717, 1.165) is 24.6 Å². The van der Waals surface area contributed by atoms with Gasteiger partial charge in [0, 0.05) is 5.33 Å². The van der Waals surface area contributed by atoms with E-state index in [1.54, 1.807) is 0 Å². The Labute approximate surface area is 86.0 Å². The molecule has 1 rings (SSSR count). The summed E-state index contributed by atoms with van der Waals surface area (Å²) in [7, 11) is 0. The molecular weight excluding hydrogens is 236 g/mol. The summed E-state index contributed by atoms with van der Waals surface area (Å²) in [4.78, 5) is 22.1. The van der Waals surface area contributed by atoms with Crippen molar-refractivity contribution >= 4 is 27.7 Å². The topological polar surface area (TPSA) is 43.4 Å². The van der Waals surface area contributed by atoms with Crippen LogP contribution in [-0.4, -0.2) is 23.7 Å². The molecular formula is C9H13BrO3. The van der Waals surface area contributed by atoms with Crippen LogP contribution in [0.3, 0.4) is 0 Å². The number of alkyl halides is 1. The van der Waals surface area contributed by atoms with Gasteiger partial charge in [-0.15, -0.1) is 0 Å². The summed E-state index contributed by atoms with van der Waals surface area (Å²) in [5, 5.41) is 0.982. The van der Waals surface area contributed by atoms with Crippen molar-refractivity contribution in [1.29, 1.82) is 0 Å². The number of halogens is 1. The summed E-state index contributed by atoms with van der Waals surface area (Å²) in [6.07, 6.45) is 3.74. The Balaban J connectivity index is 2.20. The molecule has 0 aromatic heterocycles. The Kier molecular flexibility index (Phi) is 4.42. The Morgan fingerprint density at radius 1 is 1.31 bits per heavy atom. The molecule has 0 bridgehead atoms. The van der Waals surface area contributed by atoms with Gasteiger partial charge in [-0.05, 0) is 12.8 Å². The number of Topliss-reactive ketones (excluding diaryl/α,β-unsaturated/α-hetero) is 1. The van der Waals surface area contributed by atoms with Gasteiger partial charge in [0.15, 0.2) is 12.4 Å². The third-order valence-electron chi connectivity index (χ3n) is 2.16. The van der Waals surface area contributed by atoms with Crippen molar-refractivity contribution < 1.29 is 14.3 Å². The summed E-state index contributed by atoms with van der Waals surface area (Å²) < 4.78 is 4.64. The number of cyclic esters (lactones) is 1. The number of carbonyl (C=O) groups excluding carboxylic acids is 2. The molecule has 1 aliphatic rings. The lowest BCUT2D eigenvalue weighted by Gasteiger charge is -2.02. The molecule has 0 spiro atoms. The van der Waals surface area contributed by atoms with Gasteiger partial charge in [-0.2, -0.15) is 0 Å². The molecule has 0 radical (unpaired) electrons. The predicted molar refractivity (Wildman–Crippen MR) is 51.7 cm³/mol. The molecule has 0 aliphatic carbocycles. The average molecular weight is 249 g/mol. The third-order valence-corrected chi connectivity index (χ3v) is 2.72. The molecule has 3 nitrogen and oxygen atoms in total. The second-order valence-corrected chi connectivity index (χ2v) is 3.96. The molecule has 0 aromatic rings. The number of hydrogen-bond acceptors (Lipinski definition) is 3. The SMILES string of the molecule is O=C1COC(=O)C1CCCCCBr. The highest BCUT2D eigenvalue weighted by molar-refractivity contribution is 9.09. The molecule has 13 heavy (non-hydrogen) atoms. The van der Waals surface area contributed by atoms with Crippen LogP contribution in [-0.2, 0) is 14.3 Å². The molecule has 1 unspecified atom stereocenters. The zero-order valence-electron chi connectivity index (χ0n) is 7.42. The lowest BCUT2D eigenvalue weighted by molar-refractivity contribution is -0.141. The van der Waals surface area contributed by atoms with Gasteiger partial charge in [0.05, 0.1) is 0 Å². The molecule has 0 N–H and O–H groups in total. The Morgan fingerprint density at radius 2 is 2.08 bits per heavy atom. The van der Waals surface area contributed by atoms with Gasteiger partial charge in [0.2, 0.25) is 0 Å². The Morgan fingerprint density at radius 3 is 2.62 bits per heavy atom. The number of rotatable bonds is 5. The first kappa shape index (κ1) is 10.7. The molecule has 74 valence electrons. The quantitative estimate of drug-likeness (QED) is 0.322. The van der Waals surface area contributed by atoms with Crippen molar-refractivity contribution in [1.82, 2.24) is 0 Å². The minimum atomic E-state index is -0.463. The van der Waals surface area contributed by atoms with Crippen molar-refractivity contribution in [2.24, 2.45) is 5.92 Å². The van der Waals surface area contributed by atoms with Crippen molar-refractivity contribution in [3.63, 3.8) is 0 Å². The van der Waals surface area contributed by atoms with E-state index in [4.69, 9.17) is 0 Å². The third kappa shape index (κ3) is 3.10. The average Bonchev–Trinajstić information content (AvgIpc) is 2.42. The van der Waals surface area contributed by atoms with Crippen molar-refractivity contribution in [3.05, 3.63) is 0 Å². The van der Waals surface area contributed by atoms with Crippen molar-refractivity contribution in [2.75, 3.05) is 11.9 Å². The molecule has 1 fully saturated rings. The standard InChI is InChI=1S/C9H13BrO3/c10-5-3-1-2-4-7-8(11)6-13-9(7)12/h7H,1-6H2. The maximum atomic E-state index is 11.1. The van der Waals surface area contributed by atoms with E-state index < -0.39 is 5.92 Å². The number of unbranched alkanes of at least 4 members (excludes halogenated alkanes) is 2. The maximum Gasteiger partial charge on any atom is 0.317 e. The zero-order chi connectivity index (χ0) is 9.68. The lowest BCUT2D eigenvalue weighted by Crippen LogP contribution is -2.14. The molecule has 1 atom stereocenters. The smallest absolute Gasteiger partial charge is 0.317 e. The molecule has 0 aromatic carbocycles. The largest absolute Gasteiger partial charge is 0.457 e. The summed E-state index contributed by atoms with van der Waals surface area (Å²) in [6, 6.07) is 0. The first-order valence-corrected chi connectivity index (χ1v) is 5.63. The van der Waals surface area contributed by atoms with Gasteiger partial charge in [-0.1, -0.05) is 28.8 Å². The summed E-state index contributed by atoms with van der Waals surface area (Å²) >= 11 is 3.33.